The minimum absolute atomic E-state index is 0.134. The first-order chi connectivity index (χ1) is 13.6. The summed E-state index contributed by atoms with van der Waals surface area (Å²) in [5, 5.41) is 16.7. The number of nitro benzene ring substituents is 1. The fraction of sp³-hybridized carbons (Fsp3) is 0.222. The van der Waals surface area contributed by atoms with Gasteiger partial charge < -0.3 is 15.0 Å². The maximum absolute atomic E-state index is 12.3. The van der Waals surface area contributed by atoms with Crippen molar-refractivity contribution in [2.45, 2.75) is 11.8 Å². The zero-order valence-electron chi connectivity index (χ0n) is 15.7. The lowest BCUT2D eigenvalue weighted by molar-refractivity contribution is -0.384. The van der Waals surface area contributed by atoms with Crippen LogP contribution in [0.25, 0.3) is 5.65 Å². The lowest BCUT2D eigenvalue weighted by Crippen LogP contribution is -2.29. The van der Waals surface area contributed by atoms with E-state index in [-0.39, 0.29) is 41.0 Å². The number of pyridine rings is 1. The molecule has 2 N–H and O–H groups in total. The molecule has 2 heterocycles. The van der Waals surface area contributed by atoms with E-state index in [9.17, 15) is 23.3 Å². The molecule has 0 radical (unpaired) electrons. The molecule has 0 aliphatic rings. The second-order valence-corrected chi connectivity index (χ2v) is 8.50. The molecule has 0 saturated heterocycles. The van der Waals surface area contributed by atoms with E-state index >= 15 is 0 Å². The highest BCUT2D eigenvalue weighted by molar-refractivity contribution is 7.90. The van der Waals surface area contributed by atoms with E-state index in [1.807, 2.05) is 25.3 Å². The molecule has 11 heteroatoms. The van der Waals surface area contributed by atoms with Crippen molar-refractivity contribution < 1.29 is 18.1 Å². The molecule has 2 aromatic heterocycles. The molecule has 3 rings (SSSR count). The van der Waals surface area contributed by atoms with Crippen LogP contribution in [0.5, 0.6) is 0 Å². The zero-order valence-corrected chi connectivity index (χ0v) is 16.6. The topological polar surface area (TPSA) is 136 Å². The Hall–Kier alpha value is -3.47. The van der Waals surface area contributed by atoms with Crippen molar-refractivity contribution in [3.8, 4) is 0 Å². The molecule has 0 fully saturated rings. The summed E-state index contributed by atoms with van der Waals surface area (Å²) in [4.78, 5) is 26.9. The third kappa shape index (κ3) is 4.69. The molecule has 152 valence electrons. The van der Waals surface area contributed by atoms with E-state index in [0.29, 0.717) is 5.65 Å². The number of nitrogens with one attached hydrogen (secondary N) is 2. The average Bonchev–Trinajstić information content (AvgIpc) is 3.07. The quantitative estimate of drug-likeness (QED) is 0.340. The smallest absolute Gasteiger partial charge is 0.293 e. The predicted molar refractivity (Wildman–Crippen MR) is 107 cm³/mol. The molecule has 29 heavy (non-hydrogen) atoms. The van der Waals surface area contributed by atoms with Gasteiger partial charge in [-0.15, -0.1) is 0 Å². The van der Waals surface area contributed by atoms with Gasteiger partial charge in [0.1, 0.15) is 17.0 Å². The Kier molecular flexibility index (Phi) is 5.50. The molecule has 0 spiro atoms. The van der Waals surface area contributed by atoms with Crippen LogP contribution in [0.1, 0.15) is 16.1 Å². The Morgan fingerprint density at radius 1 is 1.24 bits per heavy atom. The van der Waals surface area contributed by atoms with Crippen LogP contribution in [-0.4, -0.2) is 48.0 Å². The molecule has 1 aromatic carbocycles. The number of amides is 1. The average molecular weight is 417 g/mol. The normalized spacial score (nSPS) is 11.4. The number of nitrogens with zero attached hydrogens (tertiary/aromatic N) is 3. The minimum Gasteiger partial charge on any atom is -0.378 e. The number of imidazole rings is 1. The lowest BCUT2D eigenvalue weighted by atomic mass is 10.2. The van der Waals surface area contributed by atoms with Crippen LogP contribution in [0, 0.1) is 17.0 Å². The third-order valence-corrected chi connectivity index (χ3v) is 5.28. The molecular weight excluding hydrogens is 398 g/mol. The Labute approximate surface area is 166 Å². The van der Waals surface area contributed by atoms with Crippen LogP contribution < -0.4 is 10.6 Å². The number of carbonyl (C=O) groups excluding carboxylic acids is 1. The lowest BCUT2D eigenvalue weighted by Gasteiger charge is -2.09. The molecule has 0 aliphatic carbocycles. The van der Waals surface area contributed by atoms with E-state index < -0.39 is 14.8 Å². The number of hydrogen-bond donors (Lipinski definition) is 2. The summed E-state index contributed by atoms with van der Waals surface area (Å²) >= 11 is 0. The van der Waals surface area contributed by atoms with E-state index in [2.05, 4.69) is 15.6 Å². The Bertz CT molecular complexity index is 1200. The number of aryl methyl sites for hydroxylation is 1. The minimum atomic E-state index is -3.55. The summed E-state index contributed by atoms with van der Waals surface area (Å²) in [7, 11) is -3.55. The van der Waals surface area contributed by atoms with Gasteiger partial charge in [-0.2, -0.15) is 0 Å². The van der Waals surface area contributed by atoms with Gasteiger partial charge in [-0.05, 0) is 36.8 Å². The highest BCUT2D eigenvalue weighted by Crippen LogP contribution is 2.27. The number of sulfone groups is 1. The van der Waals surface area contributed by atoms with Gasteiger partial charge in [-0.25, -0.2) is 13.4 Å². The van der Waals surface area contributed by atoms with Gasteiger partial charge in [0.15, 0.2) is 9.84 Å². The second kappa shape index (κ2) is 7.87. The Balaban J connectivity index is 1.62. The summed E-state index contributed by atoms with van der Waals surface area (Å²) in [5.41, 5.74) is 1.77. The maximum Gasteiger partial charge on any atom is 0.293 e. The van der Waals surface area contributed by atoms with Crippen LogP contribution in [0.15, 0.2) is 47.6 Å². The van der Waals surface area contributed by atoms with Gasteiger partial charge in [-0.3, -0.25) is 14.9 Å². The van der Waals surface area contributed by atoms with Crippen molar-refractivity contribution >= 4 is 32.8 Å². The van der Waals surface area contributed by atoms with E-state index in [1.54, 1.807) is 10.6 Å². The highest BCUT2D eigenvalue weighted by Gasteiger charge is 2.18. The number of aromatic nitrogens is 2. The molecule has 1 amide bonds. The second-order valence-electron chi connectivity index (χ2n) is 6.49. The molecule has 0 atom stereocenters. The molecule has 0 saturated carbocycles. The molecule has 10 nitrogen and oxygen atoms in total. The van der Waals surface area contributed by atoms with E-state index in [0.717, 1.165) is 17.9 Å². The molecule has 0 aliphatic heterocycles. The van der Waals surface area contributed by atoms with Crippen molar-refractivity contribution in [3.05, 3.63) is 64.1 Å². The summed E-state index contributed by atoms with van der Waals surface area (Å²) in [6, 6.07) is 7.40. The summed E-state index contributed by atoms with van der Waals surface area (Å²) in [5.74, 6) is -0.366. The largest absolute Gasteiger partial charge is 0.378 e. The Morgan fingerprint density at radius 2 is 2.00 bits per heavy atom. The van der Waals surface area contributed by atoms with Crippen molar-refractivity contribution in [3.63, 3.8) is 0 Å². The number of hydrogen-bond acceptors (Lipinski definition) is 7. The molecule has 0 unspecified atom stereocenters. The van der Waals surface area contributed by atoms with E-state index in [1.165, 1.54) is 12.1 Å². The highest BCUT2D eigenvalue weighted by atomic mass is 32.2. The number of benzene rings is 1. The van der Waals surface area contributed by atoms with Gasteiger partial charge in [0.25, 0.3) is 11.6 Å². The van der Waals surface area contributed by atoms with Crippen LogP contribution in [-0.2, 0) is 9.84 Å². The summed E-state index contributed by atoms with van der Waals surface area (Å²) in [6.45, 7) is 2.33. The monoisotopic (exact) mass is 417 g/mol. The van der Waals surface area contributed by atoms with Gasteiger partial charge in [-0.1, -0.05) is 0 Å². The van der Waals surface area contributed by atoms with Crippen LogP contribution in [0.2, 0.25) is 0 Å². The number of carbonyl (C=O) groups is 1. The molecule has 3 aromatic rings. The first-order valence-electron chi connectivity index (χ1n) is 8.61. The predicted octanol–water partition coefficient (Wildman–Crippen LogP) is 1.80. The SMILES string of the molecule is Cc1ccn2cc(C(=O)NCCNc3ccc(S(C)(=O)=O)cc3[N+](=O)[O-])nc2c1. The van der Waals surface area contributed by atoms with Crippen LogP contribution in [0.3, 0.4) is 0 Å². The third-order valence-electron chi connectivity index (χ3n) is 4.17. The van der Waals surface area contributed by atoms with Crippen LogP contribution >= 0.6 is 0 Å². The first kappa shape index (κ1) is 20.3. The van der Waals surface area contributed by atoms with Crippen molar-refractivity contribution in [1.82, 2.24) is 14.7 Å². The summed E-state index contributed by atoms with van der Waals surface area (Å²) in [6.07, 6.45) is 4.41. The van der Waals surface area contributed by atoms with Gasteiger partial charge in [0, 0.05) is 37.8 Å². The zero-order chi connectivity index (χ0) is 21.2. The maximum atomic E-state index is 12.3. The number of nitro groups is 1. The number of anilines is 1. The standard InChI is InChI=1S/C18H19N5O5S/c1-12-5-8-22-11-15(21-17(22)9-12)18(24)20-7-6-19-14-4-3-13(29(2,27)28)10-16(14)23(25)26/h3-5,8-11,19H,6-7H2,1-2H3,(H,20,24). The van der Waals surface area contributed by atoms with Crippen molar-refractivity contribution in [2.24, 2.45) is 0 Å². The van der Waals surface area contributed by atoms with E-state index in [4.69, 9.17) is 0 Å². The number of fused-ring (bicyclic) bond motifs is 1. The van der Waals surface area contributed by atoms with Crippen LogP contribution in [0.4, 0.5) is 11.4 Å². The van der Waals surface area contributed by atoms with Crippen molar-refractivity contribution in [2.75, 3.05) is 24.7 Å². The fourth-order valence-electron chi connectivity index (χ4n) is 2.70. The fourth-order valence-corrected chi connectivity index (χ4v) is 3.34. The molecule has 0 bridgehead atoms. The van der Waals surface area contributed by atoms with Crippen molar-refractivity contribution in [1.29, 1.82) is 0 Å². The van der Waals surface area contributed by atoms with Gasteiger partial charge >= 0.3 is 0 Å². The van der Waals surface area contributed by atoms with Gasteiger partial charge in [0.2, 0.25) is 0 Å². The Morgan fingerprint density at radius 3 is 2.69 bits per heavy atom. The number of rotatable bonds is 7. The first-order valence-corrected chi connectivity index (χ1v) is 10.5. The molecular formula is C18H19N5O5S. The summed E-state index contributed by atoms with van der Waals surface area (Å²) < 4.78 is 24.9. The van der Waals surface area contributed by atoms with Gasteiger partial charge in [0.05, 0.1) is 9.82 Å².